The number of nitrogens with one attached hydrogen (secondary N) is 2. The highest BCUT2D eigenvalue weighted by Crippen LogP contribution is 2.16. The summed E-state index contributed by atoms with van der Waals surface area (Å²) in [5, 5.41) is 7.93. The number of hydrogen-bond donors (Lipinski definition) is 2. The van der Waals surface area contributed by atoms with Crippen LogP contribution in [-0.2, 0) is 12.8 Å². The summed E-state index contributed by atoms with van der Waals surface area (Å²) < 4.78 is 0. The van der Waals surface area contributed by atoms with Crippen molar-refractivity contribution in [2.75, 3.05) is 40.3 Å². The molecule has 132 valence electrons. The summed E-state index contributed by atoms with van der Waals surface area (Å²) in [6, 6.07) is 0. The molecule has 0 saturated carbocycles. The van der Waals surface area contributed by atoms with Gasteiger partial charge >= 0.3 is 0 Å². The largest absolute Gasteiger partial charge is 0.357 e. The molecule has 0 amide bonds. The molecular weight excluding hydrogens is 306 g/mol. The van der Waals surface area contributed by atoms with E-state index in [1.165, 1.54) is 9.88 Å². The van der Waals surface area contributed by atoms with Crippen molar-refractivity contribution in [1.82, 2.24) is 20.5 Å². The number of hydrogen-bond acceptors (Lipinski definition) is 4. The van der Waals surface area contributed by atoms with Gasteiger partial charge in [-0.15, -0.1) is 11.3 Å². The lowest BCUT2D eigenvalue weighted by molar-refractivity contribution is 0.248. The van der Waals surface area contributed by atoms with Crippen LogP contribution >= 0.6 is 11.3 Å². The van der Waals surface area contributed by atoms with Gasteiger partial charge in [0.1, 0.15) is 0 Å². The Kier molecular flexibility index (Phi) is 8.55. The zero-order valence-corrected chi connectivity index (χ0v) is 16.4. The number of rotatable bonds is 9. The summed E-state index contributed by atoms with van der Waals surface area (Å²) in [5.41, 5.74) is 0.164. The predicted octanol–water partition coefficient (Wildman–Crippen LogP) is 2.39. The first-order chi connectivity index (χ1) is 10.9. The molecule has 0 bridgehead atoms. The van der Waals surface area contributed by atoms with Gasteiger partial charge in [0.25, 0.3) is 0 Å². The minimum atomic E-state index is 0.164. The van der Waals surface area contributed by atoms with E-state index in [2.05, 4.69) is 62.3 Å². The van der Waals surface area contributed by atoms with Gasteiger partial charge in [0.05, 0.1) is 5.01 Å². The fourth-order valence-corrected chi connectivity index (χ4v) is 3.32. The Labute approximate surface area is 145 Å². The highest BCUT2D eigenvalue weighted by Gasteiger charge is 2.18. The third kappa shape index (κ3) is 8.32. The highest BCUT2D eigenvalue weighted by atomic mass is 32.1. The first-order valence-corrected chi connectivity index (χ1v) is 9.28. The molecule has 0 aliphatic carbocycles. The second-order valence-corrected chi connectivity index (χ2v) is 8.05. The van der Waals surface area contributed by atoms with E-state index in [0.717, 1.165) is 45.0 Å². The van der Waals surface area contributed by atoms with Gasteiger partial charge in [-0.05, 0) is 32.9 Å². The summed E-state index contributed by atoms with van der Waals surface area (Å²) in [5.74, 6) is 0.895. The van der Waals surface area contributed by atoms with Crippen LogP contribution < -0.4 is 10.6 Å². The van der Waals surface area contributed by atoms with Crippen molar-refractivity contribution in [2.45, 2.75) is 40.5 Å². The topological polar surface area (TPSA) is 52.6 Å². The molecule has 0 aliphatic rings. The van der Waals surface area contributed by atoms with Crippen LogP contribution in [0.15, 0.2) is 11.2 Å². The Morgan fingerprint density at radius 2 is 2.04 bits per heavy atom. The lowest BCUT2D eigenvalue weighted by Gasteiger charge is -2.26. The number of nitrogens with zero attached hydrogens (tertiary/aromatic N) is 3. The number of aliphatic imine (C=N–C) groups is 1. The standard InChI is InChI=1S/C17H33N5S/c1-7-14-11-20-15(23-14)9-10-19-16(18-8-2)21-12-17(3,4)13-22(5)6/h11H,7-10,12-13H2,1-6H3,(H2,18,19,21). The Hall–Kier alpha value is -1.14. The normalized spacial score (nSPS) is 12.7. The van der Waals surface area contributed by atoms with E-state index < -0.39 is 0 Å². The monoisotopic (exact) mass is 339 g/mol. The van der Waals surface area contributed by atoms with Gasteiger partial charge in [0.2, 0.25) is 0 Å². The van der Waals surface area contributed by atoms with Crippen LogP contribution in [0.25, 0.3) is 0 Å². The zero-order chi connectivity index (χ0) is 17.3. The molecule has 2 N–H and O–H groups in total. The highest BCUT2D eigenvalue weighted by molar-refractivity contribution is 7.11. The van der Waals surface area contributed by atoms with Crippen molar-refractivity contribution in [3.63, 3.8) is 0 Å². The second kappa shape index (κ2) is 9.88. The van der Waals surface area contributed by atoms with E-state index in [1.807, 2.05) is 6.20 Å². The molecule has 1 aromatic rings. The molecule has 0 atom stereocenters. The van der Waals surface area contributed by atoms with E-state index in [-0.39, 0.29) is 5.41 Å². The van der Waals surface area contributed by atoms with Gasteiger partial charge in [0.15, 0.2) is 5.96 Å². The Morgan fingerprint density at radius 3 is 2.61 bits per heavy atom. The van der Waals surface area contributed by atoms with Crippen LogP contribution in [0.1, 0.15) is 37.6 Å². The fourth-order valence-electron chi connectivity index (χ4n) is 2.46. The summed E-state index contributed by atoms with van der Waals surface area (Å²) in [4.78, 5) is 12.8. The van der Waals surface area contributed by atoms with E-state index in [0.29, 0.717) is 0 Å². The zero-order valence-electron chi connectivity index (χ0n) is 15.6. The van der Waals surface area contributed by atoms with Gasteiger partial charge in [-0.2, -0.15) is 0 Å². The predicted molar refractivity (Wildman–Crippen MR) is 102 cm³/mol. The summed E-state index contributed by atoms with van der Waals surface area (Å²) in [6.45, 7) is 12.3. The molecule has 23 heavy (non-hydrogen) atoms. The molecule has 6 heteroatoms. The van der Waals surface area contributed by atoms with E-state index in [1.54, 1.807) is 11.3 Å². The molecule has 0 unspecified atom stereocenters. The lowest BCUT2D eigenvalue weighted by atomic mass is 9.93. The van der Waals surface area contributed by atoms with Gasteiger partial charge in [-0.1, -0.05) is 20.8 Å². The van der Waals surface area contributed by atoms with Crippen molar-refractivity contribution >= 4 is 17.3 Å². The molecule has 1 heterocycles. The molecule has 1 rings (SSSR count). The molecule has 1 aromatic heterocycles. The number of thiazole rings is 1. The molecule has 0 spiro atoms. The minimum Gasteiger partial charge on any atom is -0.357 e. The van der Waals surface area contributed by atoms with Crippen LogP contribution in [0, 0.1) is 5.41 Å². The molecule has 0 radical (unpaired) electrons. The summed E-state index contributed by atoms with van der Waals surface area (Å²) in [6.07, 6.45) is 4.00. The Morgan fingerprint density at radius 1 is 1.30 bits per heavy atom. The first-order valence-electron chi connectivity index (χ1n) is 8.46. The Bertz CT molecular complexity index is 479. The van der Waals surface area contributed by atoms with Crippen molar-refractivity contribution in [3.05, 3.63) is 16.1 Å². The van der Waals surface area contributed by atoms with E-state index in [9.17, 15) is 0 Å². The van der Waals surface area contributed by atoms with Gasteiger partial charge < -0.3 is 15.5 Å². The molecule has 0 fully saturated rings. The van der Waals surface area contributed by atoms with Gasteiger partial charge in [-0.25, -0.2) is 4.98 Å². The average Bonchev–Trinajstić information content (AvgIpc) is 2.91. The molecule has 0 aliphatic heterocycles. The molecule has 0 aromatic carbocycles. The number of guanidine groups is 1. The molecule has 0 saturated heterocycles. The summed E-state index contributed by atoms with van der Waals surface area (Å²) in [7, 11) is 4.21. The van der Waals surface area contributed by atoms with Crippen molar-refractivity contribution < 1.29 is 0 Å². The van der Waals surface area contributed by atoms with E-state index in [4.69, 9.17) is 4.99 Å². The average molecular weight is 340 g/mol. The van der Waals surface area contributed by atoms with E-state index >= 15 is 0 Å². The maximum atomic E-state index is 4.74. The number of aromatic nitrogens is 1. The summed E-state index contributed by atoms with van der Waals surface area (Å²) >= 11 is 1.81. The molecular formula is C17H33N5S. The minimum absolute atomic E-state index is 0.164. The van der Waals surface area contributed by atoms with Crippen LogP contribution in [0.5, 0.6) is 0 Å². The number of aryl methyl sites for hydroxylation is 1. The fraction of sp³-hybridized carbons (Fsp3) is 0.765. The SMILES string of the molecule is CCNC(=NCC(C)(C)CN(C)C)NCCc1ncc(CC)s1. The third-order valence-electron chi connectivity index (χ3n) is 3.33. The van der Waals surface area contributed by atoms with Gasteiger partial charge in [-0.3, -0.25) is 4.99 Å². The maximum absolute atomic E-state index is 4.74. The maximum Gasteiger partial charge on any atom is 0.191 e. The van der Waals surface area contributed by atoms with Crippen molar-refractivity contribution in [2.24, 2.45) is 10.4 Å². The quantitative estimate of drug-likeness (QED) is 0.536. The molecule has 5 nitrogen and oxygen atoms in total. The van der Waals surface area contributed by atoms with Crippen LogP contribution in [0.4, 0.5) is 0 Å². The third-order valence-corrected chi connectivity index (χ3v) is 4.54. The Balaban J connectivity index is 2.48. The van der Waals surface area contributed by atoms with Crippen LogP contribution in [0.3, 0.4) is 0 Å². The first kappa shape index (κ1) is 19.9. The van der Waals surface area contributed by atoms with Crippen LogP contribution in [-0.4, -0.2) is 56.1 Å². The lowest BCUT2D eigenvalue weighted by Crippen LogP contribution is -2.40. The smallest absolute Gasteiger partial charge is 0.191 e. The van der Waals surface area contributed by atoms with Gasteiger partial charge in [0, 0.05) is 43.7 Å². The van der Waals surface area contributed by atoms with Crippen LogP contribution in [0.2, 0.25) is 0 Å². The van der Waals surface area contributed by atoms with Crippen molar-refractivity contribution in [1.29, 1.82) is 0 Å². The van der Waals surface area contributed by atoms with Crippen molar-refractivity contribution in [3.8, 4) is 0 Å². The second-order valence-electron chi connectivity index (χ2n) is 6.85.